The minimum atomic E-state index is -0.355. The van der Waals surface area contributed by atoms with Crippen molar-refractivity contribution in [3.05, 3.63) is 95.1 Å². The first-order chi connectivity index (χ1) is 13.6. The Balaban J connectivity index is 1.78. The molecule has 2 aromatic carbocycles. The van der Waals surface area contributed by atoms with Crippen molar-refractivity contribution in [1.29, 1.82) is 0 Å². The minimum Gasteiger partial charge on any atom is -0.383 e. The van der Waals surface area contributed by atoms with Crippen LogP contribution in [0.1, 0.15) is 27.2 Å². The van der Waals surface area contributed by atoms with E-state index in [1.165, 1.54) is 35.4 Å². The fourth-order valence-electron chi connectivity index (χ4n) is 3.18. The number of ether oxygens (including phenoxy) is 1. The number of carbonyl (C=O) groups is 1. The average Bonchev–Trinajstić information content (AvgIpc) is 3.12. The molecule has 0 N–H and O–H groups in total. The van der Waals surface area contributed by atoms with Crippen LogP contribution in [0.5, 0.6) is 0 Å². The van der Waals surface area contributed by atoms with Crippen LogP contribution in [0.25, 0.3) is 0 Å². The molecule has 0 bridgehead atoms. The van der Waals surface area contributed by atoms with Crippen molar-refractivity contribution in [2.24, 2.45) is 0 Å². The Morgan fingerprint density at radius 2 is 1.89 bits per heavy atom. The number of hydrogen-bond donors (Lipinski definition) is 0. The van der Waals surface area contributed by atoms with Gasteiger partial charge in [-0.2, -0.15) is 0 Å². The first-order valence-corrected chi connectivity index (χ1v) is 9.30. The molecule has 146 valence electrons. The molecule has 0 fully saturated rings. The molecule has 0 atom stereocenters. The zero-order valence-electron chi connectivity index (χ0n) is 16.3. The highest BCUT2D eigenvalue weighted by molar-refractivity contribution is 5.94. The van der Waals surface area contributed by atoms with Gasteiger partial charge in [-0.3, -0.25) is 4.79 Å². The summed E-state index contributed by atoms with van der Waals surface area (Å²) < 4.78 is 20.5. The maximum absolute atomic E-state index is 13.2. The lowest BCUT2D eigenvalue weighted by molar-refractivity contribution is 0.0676. The maximum Gasteiger partial charge on any atom is 0.254 e. The van der Waals surface area contributed by atoms with E-state index in [0.29, 0.717) is 25.3 Å². The molecule has 28 heavy (non-hydrogen) atoms. The number of nitrogens with zero attached hydrogens (tertiary/aromatic N) is 2. The Hall–Kier alpha value is -2.92. The third kappa shape index (κ3) is 5.08. The van der Waals surface area contributed by atoms with E-state index in [1.807, 2.05) is 18.3 Å². The topological polar surface area (TPSA) is 34.5 Å². The Bertz CT molecular complexity index is 918. The molecular formula is C23H25FN2O2. The van der Waals surface area contributed by atoms with Gasteiger partial charge in [-0.15, -0.1) is 0 Å². The van der Waals surface area contributed by atoms with Crippen molar-refractivity contribution in [1.82, 2.24) is 9.47 Å². The summed E-state index contributed by atoms with van der Waals surface area (Å²) >= 11 is 0. The second-order valence-corrected chi connectivity index (χ2v) is 6.84. The van der Waals surface area contributed by atoms with E-state index in [9.17, 15) is 9.18 Å². The highest BCUT2D eigenvalue weighted by atomic mass is 19.1. The van der Waals surface area contributed by atoms with Gasteiger partial charge < -0.3 is 14.2 Å². The Morgan fingerprint density at radius 3 is 2.61 bits per heavy atom. The fourth-order valence-corrected chi connectivity index (χ4v) is 3.18. The van der Waals surface area contributed by atoms with Crippen LogP contribution >= 0.6 is 0 Å². The zero-order chi connectivity index (χ0) is 19.9. The zero-order valence-corrected chi connectivity index (χ0v) is 16.3. The molecule has 5 heteroatoms. The number of methoxy groups -OCH3 is 1. The normalized spacial score (nSPS) is 10.8. The summed E-state index contributed by atoms with van der Waals surface area (Å²) in [6, 6.07) is 18.1. The van der Waals surface area contributed by atoms with Gasteiger partial charge >= 0.3 is 0 Å². The van der Waals surface area contributed by atoms with Crippen LogP contribution < -0.4 is 0 Å². The molecule has 1 heterocycles. The molecule has 0 aliphatic rings. The van der Waals surface area contributed by atoms with Crippen molar-refractivity contribution < 1.29 is 13.9 Å². The second kappa shape index (κ2) is 9.33. The monoisotopic (exact) mass is 380 g/mol. The van der Waals surface area contributed by atoms with Crippen LogP contribution in [0, 0.1) is 12.7 Å². The van der Waals surface area contributed by atoms with Gasteiger partial charge in [-0.1, -0.05) is 29.8 Å². The van der Waals surface area contributed by atoms with Crippen LogP contribution in [0.4, 0.5) is 4.39 Å². The molecule has 0 aliphatic heterocycles. The summed E-state index contributed by atoms with van der Waals surface area (Å²) in [7, 11) is 1.61. The summed E-state index contributed by atoms with van der Waals surface area (Å²) in [4.78, 5) is 14.7. The number of benzene rings is 2. The van der Waals surface area contributed by atoms with Gasteiger partial charge in [0.25, 0.3) is 5.91 Å². The maximum atomic E-state index is 13.2. The molecule has 0 radical (unpaired) electrons. The lowest BCUT2D eigenvalue weighted by Gasteiger charge is -2.23. The van der Waals surface area contributed by atoms with E-state index >= 15 is 0 Å². The molecule has 0 aliphatic carbocycles. The first-order valence-electron chi connectivity index (χ1n) is 9.30. The molecule has 0 saturated heterocycles. The summed E-state index contributed by atoms with van der Waals surface area (Å²) in [5, 5.41) is 0. The van der Waals surface area contributed by atoms with Gasteiger partial charge in [-0.05, 0) is 48.9 Å². The third-order valence-corrected chi connectivity index (χ3v) is 4.66. The molecule has 4 nitrogen and oxygen atoms in total. The number of amides is 1. The summed E-state index contributed by atoms with van der Waals surface area (Å²) in [5.41, 5.74) is 3.94. The summed E-state index contributed by atoms with van der Waals surface area (Å²) in [5.74, 6) is -0.493. The lowest BCUT2D eigenvalue weighted by atomic mass is 10.1. The number of rotatable bonds is 8. The van der Waals surface area contributed by atoms with Crippen molar-refractivity contribution >= 4 is 5.91 Å². The second-order valence-electron chi connectivity index (χ2n) is 6.84. The van der Waals surface area contributed by atoms with Crippen molar-refractivity contribution in [3.63, 3.8) is 0 Å². The van der Waals surface area contributed by atoms with E-state index in [-0.39, 0.29) is 11.7 Å². The largest absolute Gasteiger partial charge is 0.383 e. The van der Waals surface area contributed by atoms with Crippen LogP contribution in [0.2, 0.25) is 0 Å². The molecule has 1 aromatic heterocycles. The van der Waals surface area contributed by atoms with Crippen molar-refractivity contribution in [2.45, 2.75) is 20.0 Å². The van der Waals surface area contributed by atoms with Crippen LogP contribution in [-0.2, 0) is 17.8 Å². The van der Waals surface area contributed by atoms with E-state index in [4.69, 9.17) is 4.74 Å². The smallest absolute Gasteiger partial charge is 0.254 e. The van der Waals surface area contributed by atoms with Gasteiger partial charge in [0.15, 0.2) is 0 Å². The van der Waals surface area contributed by atoms with Crippen LogP contribution in [0.3, 0.4) is 0 Å². The van der Waals surface area contributed by atoms with Gasteiger partial charge in [0.2, 0.25) is 0 Å². The predicted octanol–water partition coefficient (Wildman–Crippen LogP) is 4.27. The van der Waals surface area contributed by atoms with Gasteiger partial charge in [0.05, 0.1) is 13.2 Å². The van der Waals surface area contributed by atoms with Gasteiger partial charge in [0.1, 0.15) is 5.82 Å². The van der Waals surface area contributed by atoms with Crippen LogP contribution in [-0.4, -0.2) is 35.6 Å². The minimum absolute atomic E-state index is 0.139. The summed E-state index contributed by atoms with van der Waals surface area (Å²) in [6.07, 6.45) is 2.02. The van der Waals surface area contributed by atoms with Gasteiger partial charge in [-0.25, -0.2) is 4.39 Å². The standard InChI is InChI=1S/C23H25FN2O2/c1-18-5-3-6-19(15-18)16-25-12-4-7-22(25)17-26(13-14-28-2)23(27)20-8-10-21(24)11-9-20/h3-12,15H,13-14,16-17H2,1-2H3. The number of aromatic nitrogens is 1. The Labute approximate surface area is 165 Å². The molecule has 1 amide bonds. The number of hydrogen-bond acceptors (Lipinski definition) is 2. The van der Waals surface area contributed by atoms with E-state index in [0.717, 1.165) is 12.2 Å². The highest BCUT2D eigenvalue weighted by Gasteiger charge is 2.17. The molecule has 0 saturated carbocycles. The third-order valence-electron chi connectivity index (χ3n) is 4.66. The quantitative estimate of drug-likeness (QED) is 0.585. The van der Waals surface area contributed by atoms with E-state index < -0.39 is 0 Å². The summed E-state index contributed by atoms with van der Waals surface area (Å²) in [6.45, 7) is 4.17. The number of carbonyl (C=O) groups excluding carboxylic acids is 1. The van der Waals surface area contributed by atoms with E-state index in [1.54, 1.807) is 12.0 Å². The lowest BCUT2D eigenvalue weighted by Crippen LogP contribution is -2.34. The number of aryl methyl sites for hydroxylation is 1. The molecule has 3 rings (SSSR count). The Kier molecular flexibility index (Phi) is 6.61. The predicted molar refractivity (Wildman–Crippen MR) is 108 cm³/mol. The molecule has 3 aromatic rings. The van der Waals surface area contributed by atoms with E-state index in [2.05, 4.69) is 35.8 Å². The molecule has 0 unspecified atom stereocenters. The van der Waals surface area contributed by atoms with Gasteiger partial charge in [0, 0.05) is 37.7 Å². The van der Waals surface area contributed by atoms with Crippen molar-refractivity contribution in [3.8, 4) is 0 Å². The highest BCUT2D eigenvalue weighted by Crippen LogP contribution is 2.14. The fraction of sp³-hybridized carbons (Fsp3) is 0.261. The SMILES string of the molecule is COCCN(Cc1cccn1Cc1cccc(C)c1)C(=O)c1ccc(F)cc1. The Morgan fingerprint density at radius 1 is 1.11 bits per heavy atom. The first kappa shape index (κ1) is 19.8. The molecule has 0 spiro atoms. The number of halogens is 1. The van der Waals surface area contributed by atoms with Crippen molar-refractivity contribution in [2.75, 3.05) is 20.3 Å². The molecular weight excluding hydrogens is 355 g/mol. The average molecular weight is 380 g/mol. The van der Waals surface area contributed by atoms with Crippen LogP contribution in [0.15, 0.2) is 66.9 Å².